The standard InChI is InChI=1S/C21H27F2N3O4S/c1-20(2,26-31(29,30)16-4-3-14(22)7-15(16)23)19(28)25-17-12-5-11-6-13(17)10-21(8-11,9-12)18(24)27/h3-4,7,11-13,17,26H,5-6,8-10H2,1-2H3,(H2,24,27)(H,25,28). The number of benzene rings is 1. The Morgan fingerprint density at radius 2 is 1.74 bits per heavy atom. The van der Waals surface area contributed by atoms with Crippen molar-refractivity contribution in [2.45, 2.75) is 62.4 Å². The summed E-state index contributed by atoms with van der Waals surface area (Å²) >= 11 is 0. The first-order valence-electron chi connectivity index (χ1n) is 10.4. The molecule has 2 amide bonds. The van der Waals surface area contributed by atoms with E-state index in [1.54, 1.807) is 0 Å². The summed E-state index contributed by atoms with van der Waals surface area (Å²) in [6.07, 6.45) is 3.89. The van der Waals surface area contributed by atoms with E-state index < -0.39 is 43.4 Å². The smallest absolute Gasteiger partial charge is 0.244 e. The van der Waals surface area contributed by atoms with E-state index in [2.05, 4.69) is 10.0 Å². The number of hydrogen-bond donors (Lipinski definition) is 3. The summed E-state index contributed by atoms with van der Waals surface area (Å²) < 4.78 is 54.6. The quantitative estimate of drug-likeness (QED) is 0.606. The number of nitrogens with one attached hydrogen (secondary N) is 2. The van der Waals surface area contributed by atoms with E-state index in [-0.39, 0.29) is 23.8 Å². The molecule has 4 aliphatic rings. The summed E-state index contributed by atoms with van der Waals surface area (Å²) in [4.78, 5) is 24.4. The Morgan fingerprint density at radius 1 is 1.13 bits per heavy atom. The summed E-state index contributed by atoms with van der Waals surface area (Å²) in [5.74, 6) is -2.29. The highest BCUT2D eigenvalue weighted by atomic mass is 32.2. The number of sulfonamides is 1. The first-order valence-corrected chi connectivity index (χ1v) is 11.9. The van der Waals surface area contributed by atoms with E-state index >= 15 is 0 Å². The molecule has 4 saturated carbocycles. The predicted molar refractivity (Wildman–Crippen MR) is 108 cm³/mol. The van der Waals surface area contributed by atoms with Crippen molar-refractivity contribution in [3.8, 4) is 0 Å². The normalized spacial score (nSPS) is 32.1. The zero-order chi connectivity index (χ0) is 22.8. The number of halogens is 2. The van der Waals surface area contributed by atoms with Crippen LogP contribution in [-0.4, -0.2) is 31.8 Å². The molecule has 5 rings (SSSR count). The van der Waals surface area contributed by atoms with Crippen LogP contribution in [0.3, 0.4) is 0 Å². The SMILES string of the molecule is CC(C)(NS(=O)(=O)c1ccc(F)cc1F)C(=O)NC1C2CC3CC1CC(C(N)=O)(C3)C2. The number of rotatable bonds is 6. The minimum absolute atomic E-state index is 0.115. The Hall–Kier alpha value is -2.07. The van der Waals surface area contributed by atoms with Crippen LogP contribution in [0.15, 0.2) is 23.1 Å². The van der Waals surface area contributed by atoms with E-state index in [1.807, 2.05) is 0 Å². The number of primary amides is 1. The predicted octanol–water partition coefficient (Wildman–Crippen LogP) is 1.82. The van der Waals surface area contributed by atoms with E-state index in [9.17, 15) is 26.8 Å². The number of hydrogen-bond acceptors (Lipinski definition) is 4. The van der Waals surface area contributed by atoms with Gasteiger partial charge in [-0.3, -0.25) is 9.59 Å². The van der Waals surface area contributed by atoms with Crippen LogP contribution in [0.2, 0.25) is 0 Å². The lowest BCUT2D eigenvalue weighted by Crippen LogP contribution is -2.65. The third-order valence-corrected chi connectivity index (χ3v) is 8.92. The molecule has 10 heteroatoms. The lowest BCUT2D eigenvalue weighted by Gasteiger charge is -2.59. The first-order chi connectivity index (χ1) is 14.3. The molecule has 0 spiro atoms. The number of amides is 2. The zero-order valence-corrected chi connectivity index (χ0v) is 18.3. The molecule has 170 valence electrons. The molecular formula is C21H27F2N3O4S. The summed E-state index contributed by atoms with van der Waals surface area (Å²) in [7, 11) is -4.41. The Morgan fingerprint density at radius 3 is 2.29 bits per heavy atom. The maximum Gasteiger partial charge on any atom is 0.244 e. The zero-order valence-electron chi connectivity index (χ0n) is 17.5. The Balaban J connectivity index is 1.49. The highest BCUT2D eigenvalue weighted by molar-refractivity contribution is 7.89. The molecule has 1 aromatic carbocycles. The van der Waals surface area contributed by atoms with Gasteiger partial charge in [-0.2, -0.15) is 4.72 Å². The fraction of sp³-hybridized carbons (Fsp3) is 0.619. The molecule has 7 nitrogen and oxygen atoms in total. The molecule has 1 aromatic rings. The van der Waals surface area contributed by atoms with Crippen molar-refractivity contribution < 1.29 is 26.8 Å². The minimum Gasteiger partial charge on any atom is -0.369 e. The van der Waals surface area contributed by atoms with E-state index in [0.717, 1.165) is 31.4 Å². The topological polar surface area (TPSA) is 118 Å². The molecule has 0 heterocycles. The molecule has 31 heavy (non-hydrogen) atoms. The Bertz CT molecular complexity index is 1030. The van der Waals surface area contributed by atoms with Gasteiger partial charge in [0, 0.05) is 17.5 Å². The van der Waals surface area contributed by atoms with Crippen molar-refractivity contribution in [2.24, 2.45) is 28.9 Å². The molecule has 2 unspecified atom stereocenters. The van der Waals surface area contributed by atoms with Crippen LogP contribution >= 0.6 is 0 Å². The van der Waals surface area contributed by atoms with Crippen LogP contribution in [0.5, 0.6) is 0 Å². The van der Waals surface area contributed by atoms with Gasteiger partial charge in [0.1, 0.15) is 22.1 Å². The minimum atomic E-state index is -4.41. The lowest BCUT2D eigenvalue weighted by atomic mass is 9.47. The van der Waals surface area contributed by atoms with Crippen LogP contribution < -0.4 is 15.8 Å². The molecule has 0 aliphatic heterocycles. The molecule has 4 fully saturated rings. The summed E-state index contributed by atoms with van der Waals surface area (Å²) in [6.45, 7) is 2.78. The van der Waals surface area contributed by atoms with Crippen LogP contribution in [-0.2, 0) is 19.6 Å². The van der Waals surface area contributed by atoms with Crippen molar-refractivity contribution >= 4 is 21.8 Å². The van der Waals surface area contributed by atoms with Gasteiger partial charge in [-0.1, -0.05) is 0 Å². The maximum absolute atomic E-state index is 14.0. The van der Waals surface area contributed by atoms with Crippen LogP contribution in [0.1, 0.15) is 46.0 Å². The van der Waals surface area contributed by atoms with Crippen molar-refractivity contribution in [2.75, 3.05) is 0 Å². The van der Waals surface area contributed by atoms with Crippen molar-refractivity contribution in [1.82, 2.24) is 10.0 Å². The van der Waals surface area contributed by atoms with Crippen molar-refractivity contribution in [1.29, 1.82) is 0 Å². The van der Waals surface area contributed by atoms with Crippen LogP contribution in [0.4, 0.5) is 8.78 Å². The van der Waals surface area contributed by atoms with E-state index in [4.69, 9.17) is 5.73 Å². The summed E-state index contributed by atoms with van der Waals surface area (Å²) in [5.41, 5.74) is 3.63. The monoisotopic (exact) mass is 455 g/mol. The molecule has 4 bridgehead atoms. The second kappa shape index (κ2) is 7.23. The van der Waals surface area contributed by atoms with Gasteiger partial charge < -0.3 is 11.1 Å². The van der Waals surface area contributed by atoms with Gasteiger partial charge in [0.2, 0.25) is 21.8 Å². The fourth-order valence-electron chi connectivity index (χ4n) is 6.02. The number of nitrogens with two attached hydrogens (primary N) is 1. The third-order valence-electron chi connectivity index (χ3n) is 7.23. The molecule has 2 atom stereocenters. The average molecular weight is 456 g/mol. The van der Waals surface area contributed by atoms with Gasteiger partial charge in [0.15, 0.2) is 0 Å². The number of carbonyl (C=O) groups excluding carboxylic acids is 2. The molecule has 4 aliphatic carbocycles. The summed E-state index contributed by atoms with van der Waals surface area (Å²) in [6, 6.07) is 1.98. The molecular weight excluding hydrogens is 428 g/mol. The second-order valence-electron chi connectivity index (χ2n) is 9.92. The van der Waals surface area contributed by atoms with Crippen LogP contribution in [0, 0.1) is 34.8 Å². The average Bonchev–Trinajstić information content (AvgIpc) is 2.62. The third kappa shape index (κ3) is 3.84. The van der Waals surface area contributed by atoms with Gasteiger partial charge in [0.25, 0.3) is 0 Å². The van der Waals surface area contributed by atoms with Crippen LogP contribution in [0.25, 0.3) is 0 Å². The summed E-state index contributed by atoms with van der Waals surface area (Å²) in [5, 5.41) is 2.98. The van der Waals surface area contributed by atoms with E-state index in [1.165, 1.54) is 13.8 Å². The highest BCUT2D eigenvalue weighted by Gasteiger charge is 2.58. The van der Waals surface area contributed by atoms with Gasteiger partial charge in [-0.25, -0.2) is 17.2 Å². The van der Waals surface area contributed by atoms with Crippen molar-refractivity contribution in [3.05, 3.63) is 29.8 Å². The largest absolute Gasteiger partial charge is 0.369 e. The number of carbonyl (C=O) groups is 2. The highest BCUT2D eigenvalue weighted by Crippen LogP contribution is 2.59. The van der Waals surface area contributed by atoms with E-state index in [0.29, 0.717) is 24.8 Å². The Labute approximate surface area is 180 Å². The molecule has 0 radical (unpaired) electrons. The molecule has 0 saturated heterocycles. The van der Waals surface area contributed by atoms with Crippen molar-refractivity contribution in [3.63, 3.8) is 0 Å². The second-order valence-corrected chi connectivity index (χ2v) is 11.6. The van der Waals surface area contributed by atoms with Gasteiger partial charge >= 0.3 is 0 Å². The Kier molecular flexibility index (Phi) is 5.16. The fourth-order valence-corrected chi connectivity index (χ4v) is 7.46. The maximum atomic E-state index is 14.0. The molecule has 0 aromatic heterocycles. The lowest BCUT2D eigenvalue weighted by molar-refractivity contribution is -0.148. The molecule has 4 N–H and O–H groups in total. The van der Waals surface area contributed by atoms with Gasteiger partial charge in [-0.15, -0.1) is 0 Å². The van der Waals surface area contributed by atoms with Gasteiger partial charge in [0.05, 0.1) is 0 Å². The first kappa shape index (κ1) is 22.1. The van der Waals surface area contributed by atoms with Gasteiger partial charge in [-0.05, 0) is 75.8 Å².